The summed E-state index contributed by atoms with van der Waals surface area (Å²) in [5.74, 6) is -0.0977. The number of halogens is 1. The Morgan fingerprint density at radius 3 is 2.55 bits per heavy atom. The van der Waals surface area contributed by atoms with Crippen LogP contribution < -0.4 is 10.6 Å². The summed E-state index contributed by atoms with van der Waals surface area (Å²) in [5, 5.41) is 6.51. The third kappa shape index (κ3) is 3.12. The molecule has 2 amide bonds. The molecule has 0 spiro atoms. The van der Waals surface area contributed by atoms with Crippen molar-refractivity contribution in [2.75, 3.05) is 6.54 Å². The molecule has 1 aromatic carbocycles. The number of carbonyl (C=O) groups excluding carboxylic acids is 2. The third-order valence-corrected chi connectivity index (χ3v) is 5.18. The lowest BCUT2D eigenvalue weighted by Gasteiger charge is -2.30. The van der Waals surface area contributed by atoms with Gasteiger partial charge in [-0.05, 0) is 37.0 Å². The Balaban J connectivity index is 1.68. The van der Waals surface area contributed by atoms with Crippen molar-refractivity contribution in [2.45, 2.75) is 50.0 Å². The molecule has 1 aliphatic heterocycles. The zero-order valence-corrected chi connectivity index (χ0v) is 13.3. The van der Waals surface area contributed by atoms with Gasteiger partial charge in [-0.3, -0.25) is 9.59 Å². The van der Waals surface area contributed by atoms with E-state index in [1.165, 1.54) is 18.4 Å². The predicted molar refractivity (Wildman–Crippen MR) is 85.8 cm³/mol. The van der Waals surface area contributed by atoms with E-state index in [2.05, 4.69) is 22.8 Å². The monoisotopic (exact) mass is 320 g/mol. The smallest absolute Gasteiger partial charge is 0.242 e. The summed E-state index contributed by atoms with van der Waals surface area (Å²) in [5.41, 5.74) is 1.24. The van der Waals surface area contributed by atoms with E-state index in [9.17, 15) is 9.59 Å². The van der Waals surface area contributed by atoms with Crippen molar-refractivity contribution in [1.82, 2.24) is 10.6 Å². The van der Waals surface area contributed by atoms with Gasteiger partial charge in [0.15, 0.2) is 0 Å². The number of carbonyl (C=O) groups is 2. The van der Waals surface area contributed by atoms with Gasteiger partial charge >= 0.3 is 0 Å². The zero-order chi connectivity index (χ0) is 15.6. The second-order valence-electron chi connectivity index (χ2n) is 6.37. The van der Waals surface area contributed by atoms with Crippen LogP contribution in [0.2, 0.25) is 5.02 Å². The SMILES string of the molecule is O=C1CC[C@@H](C(=O)NCC2(c3ccc(Cl)cc3)CCCC2)N1. The maximum absolute atomic E-state index is 12.2. The van der Waals surface area contributed by atoms with Crippen molar-refractivity contribution in [1.29, 1.82) is 0 Å². The van der Waals surface area contributed by atoms with Gasteiger partial charge in [0, 0.05) is 23.4 Å². The number of hydrogen-bond acceptors (Lipinski definition) is 2. The van der Waals surface area contributed by atoms with E-state index in [4.69, 9.17) is 11.6 Å². The van der Waals surface area contributed by atoms with Crippen LogP contribution in [0.1, 0.15) is 44.1 Å². The van der Waals surface area contributed by atoms with Gasteiger partial charge in [-0.2, -0.15) is 0 Å². The average molecular weight is 321 g/mol. The van der Waals surface area contributed by atoms with Gasteiger partial charge in [-0.25, -0.2) is 0 Å². The molecule has 0 bridgehead atoms. The number of nitrogens with one attached hydrogen (secondary N) is 2. The highest BCUT2D eigenvalue weighted by Gasteiger charge is 2.37. The van der Waals surface area contributed by atoms with Gasteiger partial charge < -0.3 is 10.6 Å². The highest BCUT2D eigenvalue weighted by Crippen LogP contribution is 2.41. The van der Waals surface area contributed by atoms with E-state index in [1.807, 2.05) is 12.1 Å². The number of hydrogen-bond donors (Lipinski definition) is 2. The van der Waals surface area contributed by atoms with Crippen LogP contribution in [-0.4, -0.2) is 24.4 Å². The fraction of sp³-hybridized carbons (Fsp3) is 0.529. The summed E-state index contributed by atoms with van der Waals surface area (Å²) < 4.78 is 0. The van der Waals surface area contributed by atoms with Crippen molar-refractivity contribution >= 4 is 23.4 Å². The molecule has 0 radical (unpaired) electrons. The van der Waals surface area contributed by atoms with Crippen molar-refractivity contribution in [2.24, 2.45) is 0 Å². The Morgan fingerprint density at radius 1 is 1.27 bits per heavy atom. The molecule has 1 aliphatic carbocycles. The first-order chi connectivity index (χ1) is 10.6. The molecule has 0 unspecified atom stereocenters. The van der Waals surface area contributed by atoms with E-state index >= 15 is 0 Å². The van der Waals surface area contributed by atoms with Crippen molar-refractivity contribution in [3.63, 3.8) is 0 Å². The van der Waals surface area contributed by atoms with Crippen LogP contribution in [0.15, 0.2) is 24.3 Å². The Labute approximate surface area is 135 Å². The Bertz CT molecular complexity index is 565. The summed E-state index contributed by atoms with van der Waals surface area (Å²) in [4.78, 5) is 23.5. The van der Waals surface area contributed by atoms with Crippen LogP contribution in [0.4, 0.5) is 0 Å². The van der Waals surface area contributed by atoms with Gasteiger partial charge in [0.05, 0.1) is 0 Å². The Hall–Kier alpha value is -1.55. The standard InChI is InChI=1S/C17H21ClN2O2/c18-13-5-3-12(4-6-13)17(9-1-2-10-17)11-19-16(22)14-7-8-15(21)20-14/h3-6,14H,1-2,7-11H2,(H,19,22)(H,20,21)/t14-/m0/s1. The lowest BCUT2D eigenvalue weighted by atomic mass is 9.79. The van der Waals surface area contributed by atoms with Crippen LogP contribution in [0, 0.1) is 0 Å². The Kier molecular flexibility index (Phi) is 4.39. The molecule has 22 heavy (non-hydrogen) atoms. The minimum atomic E-state index is -0.365. The third-order valence-electron chi connectivity index (χ3n) is 4.93. The van der Waals surface area contributed by atoms with Crippen LogP contribution in [-0.2, 0) is 15.0 Å². The topological polar surface area (TPSA) is 58.2 Å². The molecule has 1 aromatic rings. The van der Waals surface area contributed by atoms with Crippen LogP contribution >= 0.6 is 11.6 Å². The molecule has 2 aliphatic rings. The molecule has 4 nitrogen and oxygen atoms in total. The maximum atomic E-state index is 12.2. The summed E-state index contributed by atoms with van der Waals surface area (Å²) in [6, 6.07) is 7.59. The summed E-state index contributed by atoms with van der Waals surface area (Å²) >= 11 is 5.98. The fourth-order valence-electron chi connectivity index (χ4n) is 3.61. The van der Waals surface area contributed by atoms with E-state index in [1.54, 1.807) is 0 Å². The lowest BCUT2D eigenvalue weighted by Crippen LogP contribution is -2.46. The van der Waals surface area contributed by atoms with E-state index in [0.29, 0.717) is 19.4 Å². The molecule has 0 aromatic heterocycles. The van der Waals surface area contributed by atoms with Crippen LogP contribution in [0.5, 0.6) is 0 Å². The lowest BCUT2D eigenvalue weighted by molar-refractivity contribution is -0.125. The second kappa shape index (κ2) is 6.29. The molecule has 5 heteroatoms. The molecular formula is C17H21ClN2O2. The summed E-state index contributed by atoms with van der Waals surface area (Å²) in [6.07, 6.45) is 5.55. The van der Waals surface area contributed by atoms with Crippen LogP contribution in [0.25, 0.3) is 0 Å². The minimum Gasteiger partial charge on any atom is -0.353 e. The van der Waals surface area contributed by atoms with Gasteiger partial charge in [0.25, 0.3) is 0 Å². The molecule has 2 N–H and O–H groups in total. The summed E-state index contributed by atoms with van der Waals surface area (Å²) in [7, 11) is 0. The van der Waals surface area contributed by atoms with Gasteiger partial charge in [-0.15, -0.1) is 0 Å². The van der Waals surface area contributed by atoms with Gasteiger partial charge in [-0.1, -0.05) is 36.6 Å². The predicted octanol–water partition coefficient (Wildman–Crippen LogP) is 2.55. The molecule has 1 heterocycles. The Morgan fingerprint density at radius 2 is 1.95 bits per heavy atom. The fourth-order valence-corrected chi connectivity index (χ4v) is 3.74. The van der Waals surface area contributed by atoms with E-state index in [0.717, 1.165) is 17.9 Å². The minimum absolute atomic E-state index is 0.00284. The van der Waals surface area contributed by atoms with E-state index in [-0.39, 0.29) is 23.3 Å². The first-order valence-electron chi connectivity index (χ1n) is 7.92. The molecule has 1 saturated heterocycles. The van der Waals surface area contributed by atoms with E-state index < -0.39 is 0 Å². The molecular weight excluding hydrogens is 300 g/mol. The zero-order valence-electron chi connectivity index (χ0n) is 12.5. The van der Waals surface area contributed by atoms with Crippen molar-refractivity contribution in [3.8, 4) is 0 Å². The first-order valence-corrected chi connectivity index (χ1v) is 8.30. The highest BCUT2D eigenvalue weighted by atomic mass is 35.5. The summed E-state index contributed by atoms with van der Waals surface area (Å²) in [6.45, 7) is 0.625. The number of amides is 2. The van der Waals surface area contributed by atoms with Crippen molar-refractivity contribution in [3.05, 3.63) is 34.9 Å². The maximum Gasteiger partial charge on any atom is 0.242 e. The number of rotatable bonds is 4. The molecule has 118 valence electrons. The average Bonchev–Trinajstić information content (AvgIpc) is 3.15. The first kappa shape index (κ1) is 15.3. The normalized spacial score (nSPS) is 23.3. The molecule has 3 rings (SSSR count). The molecule has 2 fully saturated rings. The molecule has 1 atom stereocenters. The second-order valence-corrected chi connectivity index (χ2v) is 6.81. The molecule has 1 saturated carbocycles. The highest BCUT2D eigenvalue weighted by molar-refractivity contribution is 6.30. The van der Waals surface area contributed by atoms with Gasteiger partial charge in [0.2, 0.25) is 11.8 Å². The largest absolute Gasteiger partial charge is 0.353 e. The van der Waals surface area contributed by atoms with Crippen molar-refractivity contribution < 1.29 is 9.59 Å². The quantitative estimate of drug-likeness (QED) is 0.895. The van der Waals surface area contributed by atoms with Gasteiger partial charge in [0.1, 0.15) is 6.04 Å². The number of benzene rings is 1. The van der Waals surface area contributed by atoms with Crippen LogP contribution in [0.3, 0.4) is 0 Å².